The largest absolute Gasteiger partial charge is 0.497 e. The molecule has 19 heavy (non-hydrogen) atoms. The second-order valence-electron chi connectivity index (χ2n) is 6.28. The number of carbonyl (C=O) groups excluding carboxylic acids is 1. The van der Waals surface area contributed by atoms with Crippen molar-refractivity contribution in [1.82, 2.24) is 0 Å². The van der Waals surface area contributed by atoms with Gasteiger partial charge >= 0.3 is 0 Å². The molecule has 1 saturated carbocycles. The van der Waals surface area contributed by atoms with E-state index in [-0.39, 0.29) is 5.41 Å². The number of ether oxygens (including phenoxy) is 1. The van der Waals surface area contributed by atoms with Crippen molar-refractivity contribution in [2.24, 2.45) is 11.3 Å². The molecule has 1 aromatic rings. The van der Waals surface area contributed by atoms with Gasteiger partial charge in [-0.2, -0.15) is 0 Å². The zero-order chi connectivity index (χ0) is 13.2. The molecule has 0 aliphatic heterocycles. The summed E-state index contributed by atoms with van der Waals surface area (Å²) in [5, 5.41) is 0. The molecule has 0 N–H and O–H groups in total. The van der Waals surface area contributed by atoms with Crippen molar-refractivity contribution >= 4 is 11.4 Å². The number of fused-ring (bicyclic) bond motifs is 3. The smallest absolute Gasteiger partial charge is 0.161 e. The second-order valence-corrected chi connectivity index (χ2v) is 6.28. The van der Waals surface area contributed by atoms with Gasteiger partial charge in [0.05, 0.1) is 7.11 Å². The fourth-order valence-corrected chi connectivity index (χ4v) is 4.59. The fourth-order valence-electron chi connectivity index (χ4n) is 4.59. The standard InChI is InChI=1S/C17H18O2/c1-10-15-14-4-3-13(19-2)7-12(14)9-17(15)6-5-11(8-17)16(10)18/h3-4,7,11H,5-6,8-9H2,1-2H3. The first-order valence-corrected chi connectivity index (χ1v) is 7.07. The van der Waals surface area contributed by atoms with E-state index in [0.29, 0.717) is 11.7 Å². The monoisotopic (exact) mass is 254 g/mol. The molecule has 2 unspecified atom stereocenters. The number of benzene rings is 1. The maximum atomic E-state index is 12.4. The van der Waals surface area contributed by atoms with Gasteiger partial charge in [-0.15, -0.1) is 0 Å². The number of rotatable bonds is 1. The lowest BCUT2D eigenvalue weighted by Crippen LogP contribution is -2.26. The van der Waals surface area contributed by atoms with Gasteiger partial charge in [-0.25, -0.2) is 0 Å². The first-order chi connectivity index (χ1) is 9.14. The van der Waals surface area contributed by atoms with E-state index in [9.17, 15) is 4.79 Å². The molecule has 0 heterocycles. The summed E-state index contributed by atoms with van der Waals surface area (Å²) < 4.78 is 5.33. The van der Waals surface area contributed by atoms with Crippen LogP contribution in [0.3, 0.4) is 0 Å². The molecule has 98 valence electrons. The van der Waals surface area contributed by atoms with Crippen LogP contribution >= 0.6 is 0 Å². The number of hydrogen-bond acceptors (Lipinski definition) is 2. The topological polar surface area (TPSA) is 26.3 Å². The second kappa shape index (κ2) is 3.50. The molecule has 1 aromatic carbocycles. The quantitative estimate of drug-likeness (QED) is 0.768. The maximum absolute atomic E-state index is 12.4. The van der Waals surface area contributed by atoms with Crippen LogP contribution in [0.15, 0.2) is 23.8 Å². The molecule has 2 nitrogen and oxygen atoms in total. The molecule has 2 atom stereocenters. The number of hydrogen-bond donors (Lipinski definition) is 0. The van der Waals surface area contributed by atoms with Crippen LogP contribution in [0, 0.1) is 11.3 Å². The molecule has 1 fully saturated rings. The van der Waals surface area contributed by atoms with Crippen LogP contribution in [-0.2, 0) is 11.2 Å². The summed E-state index contributed by atoms with van der Waals surface area (Å²) in [6, 6.07) is 6.32. The van der Waals surface area contributed by atoms with Crippen molar-refractivity contribution in [1.29, 1.82) is 0 Å². The molecule has 4 rings (SSSR count). The van der Waals surface area contributed by atoms with E-state index in [0.717, 1.165) is 30.6 Å². The van der Waals surface area contributed by atoms with E-state index in [2.05, 4.69) is 12.1 Å². The summed E-state index contributed by atoms with van der Waals surface area (Å²) in [7, 11) is 1.71. The van der Waals surface area contributed by atoms with Gasteiger partial charge in [0, 0.05) is 11.3 Å². The van der Waals surface area contributed by atoms with E-state index in [1.807, 2.05) is 13.0 Å². The Labute approximate surface area is 113 Å². The van der Waals surface area contributed by atoms with Crippen LogP contribution < -0.4 is 4.74 Å². The van der Waals surface area contributed by atoms with Crippen LogP contribution in [0.2, 0.25) is 0 Å². The van der Waals surface area contributed by atoms with E-state index >= 15 is 0 Å². The Kier molecular flexibility index (Phi) is 2.08. The third-order valence-electron chi connectivity index (χ3n) is 5.36. The first kappa shape index (κ1) is 11.3. The fraction of sp³-hybridized carbons (Fsp3) is 0.471. The SMILES string of the molecule is COc1ccc2c(c1)CC13CCC(C1)C(=O)C(C)=C23. The normalized spacial score (nSPS) is 31.5. The molecule has 0 aromatic heterocycles. The molecular formula is C17H18O2. The molecule has 0 saturated heterocycles. The molecule has 2 heteroatoms. The lowest BCUT2D eigenvalue weighted by molar-refractivity contribution is -0.119. The van der Waals surface area contributed by atoms with Crippen LogP contribution in [0.1, 0.15) is 37.3 Å². The molecule has 3 aliphatic rings. The number of methoxy groups -OCH3 is 1. The maximum Gasteiger partial charge on any atom is 0.161 e. The molecular weight excluding hydrogens is 236 g/mol. The summed E-state index contributed by atoms with van der Waals surface area (Å²) in [5.41, 5.74) is 5.30. The highest BCUT2D eigenvalue weighted by Crippen LogP contribution is 2.62. The summed E-state index contributed by atoms with van der Waals surface area (Å²) in [6.45, 7) is 2.03. The van der Waals surface area contributed by atoms with E-state index < -0.39 is 0 Å². The van der Waals surface area contributed by atoms with Crippen molar-refractivity contribution in [3.8, 4) is 5.75 Å². The number of allylic oxidation sites excluding steroid dienone is 2. The van der Waals surface area contributed by atoms with Gasteiger partial charge in [0.15, 0.2) is 5.78 Å². The average molecular weight is 254 g/mol. The zero-order valence-corrected chi connectivity index (χ0v) is 11.5. The molecule has 0 amide bonds. The van der Waals surface area contributed by atoms with Gasteiger partial charge in [0.25, 0.3) is 0 Å². The van der Waals surface area contributed by atoms with Crippen LogP contribution in [0.5, 0.6) is 5.75 Å². The third kappa shape index (κ3) is 1.29. The number of Topliss-reactive ketones (excluding diaryl/α,β-unsaturated/α-hetero) is 1. The van der Waals surface area contributed by atoms with Gasteiger partial charge in [-0.3, -0.25) is 4.79 Å². The Bertz CT molecular complexity index is 626. The Morgan fingerprint density at radius 2 is 2.21 bits per heavy atom. The minimum atomic E-state index is 0.261. The van der Waals surface area contributed by atoms with Crippen molar-refractivity contribution in [3.63, 3.8) is 0 Å². The average Bonchev–Trinajstić information content (AvgIpc) is 2.95. The molecule has 2 bridgehead atoms. The van der Waals surface area contributed by atoms with E-state index in [4.69, 9.17) is 4.74 Å². The van der Waals surface area contributed by atoms with Gasteiger partial charge < -0.3 is 4.74 Å². The Morgan fingerprint density at radius 3 is 3.00 bits per heavy atom. The van der Waals surface area contributed by atoms with Crippen molar-refractivity contribution in [3.05, 3.63) is 34.9 Å². The Balaban J connectivity index is 1.95. The minimum Gasteiger partial charge on any atom is -0.497 e. The third-order valence-corrected chi connectivity index (χ3v) is 5.36. The molecule has 1 spiro atoms. The van der Waals surface area contributed by atoms with Crippen LogP contribution in [0.25, 0.3) is 5.57 Å². The van der Waals surface area contributed by atoms with Gasteiger partial charge in [-0.1, -0.05) is 6.07 Å². The predicted molar refractivity (Wildman–Crippen MR) is 74.1 cm³/mol. The van der Waals surface area contributed by atoms with Crippen LogP contribution in [0.4, 0.5) is 0 Å². The van der Waals surface area contributed by atoms with Gasteiger partial charge in [0.2, 0.25) is 0 Å². The highest BCUT2D eigenvalue weighted by Gasteiger charge is 2.53. The summed E-state index contributed by atoms with van der Waals surface area (Å²) >= 11 is 0. The summed E-state index contributed by atoms with van der Waals surface area (Å²) in [4.78, 5) is 12.4. The molecule has 0 radical (unpaired) electrons. The van der Waals surface area contributed by atoms with Gasteiger partial charge in [0.1, 0.15) is 5.75 Å². The van der Waals surface area contributed by atoms with Gasteiger partial charge in [-0.05, 0) is 67.0 Å². The Morgan fingerprint density at radius 1 is 1.37 bits per heavy atom. The first-order valence-electron chi connectivity index (χ1n) is 7.07. The van der Waals surface area contributed by atoms with Crippen LogP contribution in [-0.4, -0.2) is 12.9 Å². The van der Waals surface area contributed by atoms with Crippen molar-refractivity contribution in [2.75, 3.05) is 7.11 Å². The van der Waals surface area contributed by atoms with Crippen molar-refractivity contribution < 1.29 is 9.53 Å². The summed E-state index contributed by atoms with van der Waals surface area (Å²) in [6.07, 6.45) is 4.41. The van der Waals surface area contributed by atoms with E-state index in [1.165, 1.54) is 23.1 Å². The lowest BCUT2D eigenvalue weighted by Gasteiger charge is -2.31. The lowest BCUT2D eigenvalue weighted by atomic mass is 9.71. The van der Waals surface area contributed by atoms with Crippen molar-refractivity contribution in [2.45, 2.75) is 32.6 Å². The van der Waals surface area contributed by atoms with E-state index in [1.54, 1.807) is 7.11 Å². The summed E-state index contributed by atoms with van der Waals surface area (Å²) in [5.74, 6) is 1.61. The number of carbonyl (C=O) groups is 1. The Hall–Kier alpha value is -1.57. The highest BCUT2D eigenvalue weighted by atomic mass is 16.5. The zero-order valence-electron chi connectivity index (χ0n) is 11.5. The predicted octanol–water partition coefficient (Wildman–Crippen LogP) is 3.39. The molecule has 3 aliphatic carbocycles. The number of ketones is 1. The highest BCUT2D eigenvalue weighted by molar-refractivity contribution is 6.08. The minimum absolute atomic E-state index is 0.261.